The average molecular weight is 410 g/mol. The second-order valence-corrected chi connectivity index (χ2v) is 7.74. The van der Waals surface area contributed by atoms with Gasteiger partial charge in [-0.05, 0) is 42.0 Å². The molecule has 1 aliphatic heterocycles. The van der Waals surface area contributed by atoms with Crippen LogP contribution in [0.25, 0.3) is 16.6 Å². The minimum atomic E-state index is -2.68. The third kappa shape index (κ3) is 3.10. The highest BCUT2D eigenvalue weighted by atomic mass is 19.3. The Kier molecular flexibility index (Phi) is 4.45. The SMILES string of the molecule is C[C@@H]1CCN(c2nccc3ccc(O)cc23)C[C@H]1c1cc(C(F)F)nc2ncnn12. The van der Waals surface area contributed by atoms with Gasteiger partial charge in [-0.3, -0.25) is 0 Å². The minimum Gasteiger partial charge on any atom is -0.508 e. The van der Waals surface area contributed by atoms with Crippen LogP contribution in [-0.4, -0.2) is 42.8 Å². The van der Waals surface area contributed by atoms with E-state index in [1.54, 1.807) is 22.8 Å². The Morgan fingerprint density at radius 3 is 2.87 bits per heavy atom. The van der Waals surface area contributed by atoms with Crippen molar-refractivity contribution >= 4 is 22.4 Å². The highest BCUT2D eigenvalue weighted by Gasteiger charge is 2.32. The first-order chi connectivity index (χ1) is 14.5. The summed E-state index contributed by atoms with van der Waals surface area (Å²) in [4.78, 5) is 14.7. The van der Waals surface area contributed by atoms with E-state index in [0.29, 0.717) is 12.2 Å². The number of fused-ring (bicyclic) bond motifs is 2. The summed E-state index contributed by atoms with van der Waals surface area (Å²) in [5.74, 6) is 1.33. The number of phenolic OH excluding ortho intramolecular Hbond substituents is 1. The van der Waals surface area contributed by atoms with E-state index in [1.165, 1.54) is 12.4 Å². The van der Waals surface area contributed by atoms with Gasteiger partial charge >= 0.3 is 0 Å². The summed E-state index contributed by atoms with van der Waals surface area (Å²) in [7, 11) is 0. The predicted octanol–water partition coefficient (Wildman–Crippen LogP) is 3.95. The standard InChI is InChI=1S/C21H20F2N6O/c1-12-5-7-28(20-15-8-14(30)3-2-13(15)4-6-24-20)10-16(12)18-9-17(19(22)23)27-21-25-11-26-29(18)21/h2-4,6,8-9,11-12,16,19,30H,5,7,10H2,1H3/t12-,16-/m1/s1. The molecule has 5 rings (SSSR count). The summed E-state index contributed by atoms with van der Waals surface area (Å²) >= 11 is 0. The largest absolute Gasteiger partial charge is 0.508 e. The number of hydrogen-bond donors (Lipinski definition) is 1. The van der Waals surface area contributed by atoms with Crippen LogP contribution in [0.1, 0.15) is 37.1 Å². The Bertz CT molecular complexity index is 1230. The molecule has 1 saturated heterocycles. The van der Waals surface area contributed by atoms with Crippen LogP contribution >= 0.6 is 0 Å². The lowest BCUT2D eigenvalue weighted by Gasteiger charge is -2.38. The lowest BCUT2D eigenvalue weighted by molar-refractivity contribution is 0.146. The molecule has 1 aromatic carbocycles. The summed E-state index contributed by atoms with van der Waals surface area (Å²) < 4.78 is 28.4. The van der Waals surface area contributed by atoms with Crippen molar-refractivity contribution in [3.63, 3.8) is 0 Å². The number of alkyl halides is 2. The van der Waals surface area contributed by atoms with Crippen molar-refractivity contribution in [3.05, 3.63) is 54.2 Å². The van der Waals surface area contributed by atoms with Crippen LogP contribution in [0, 0.1) is 5.92 Å². The number of aromatic nitrogens is 5. The Hall–Kier alpha value is -3.36. The number of benzene rings is 1. The van der Waals surface area contributed by atoms with Gasteiger partial charge in [0.25, 0.3) is 12.2 Å². The van der Waals surface area contributed by atoms with Gasteiger partial charge in [-0.2, -0.15) is 10.1 Å². The number of nitrogens with zero attached hydrogens (tertiary/aromatic N) is 6. The van der Waals surface area contributed by atoms with Crippen LogP contribution < -0.4 is 4.90 Å². The zero-order valence-corrected chi connectivity index (χ0v) is 16.3. The summed E-state index contributed by atoms with van der Waals surface area (Å²) in [5, 5.41) is 16.0. The average Bonchev–Trinajstić information content (AvgIpc) is 3.22. The predicted molar refractivity (Wildman–Crippen MR) is 108 cm³/mol. The molecule has 4 heterocycles. The molecule has 30 heavy (non-hydrogen) atoms. The van der Waals surface area contributed by atoms with Crippen LogP contribution in [-0.2, 0) is 0 Å². The molecule has 0 bridgehead atoms. The molecule has 0 spiro atoms. The van der Waals surface area contributed by atoms with Gasteiger partial charge in [-0.25, -0.2) is 23.3 Å². The van der Waals surface area contributed by atoms with Crippen LogP contribution in [0.3, 0.4) is 0 Å². The fourth-order valence-electron chi connectivity index (χ4n) is 4.27. The van der Waals surface area contributed by atoms with Crippen molar-refractivity contribution in [2.45, 2.75) is 25.7 Å². The minimum absolute atomic E-state index is 0.0576. The third-order valence-electron chi connectivity index (χ3n) is 5.89. The van der Waals surface area contributed by atoms with Gasteiger partial charge in [-0.15, -0.1) is 0 Å². The van der Waals surface area contributed by atoms with Crippen molar-refractivity contribution in [3.8, 4) is 5.75 Å². The first-order valence-electron chi connectivity index (χ1n) is 9.82. The van der Waals surface area contributed by atoms with Crippen LogP contribution in [0.2, 0.25) is 0 Å². The molecule has 0 aliphatic carbocycles. The molecule has 154 valence electrons. The molecular formula is C21H20F2N6O. The lowest BCUT2D eigenvalue weighted by Crippen LogP contribution is -2.39. The van der Waals surface area contributed by atoms with E-state index in [0.717, 1.165) is 29.6 Å². The maximum absolute atomic E-state index is 13.4. The Morgan fingerprint density at radius 2 is 2.03 bits per heavy atom. The first-order valence-corrected chi connectivity index (χ1v) is 9.82. The van der Waals surface area contributed by atoms with Crippen LogP contribution in [0.4, 0.5) is 14.6 Å². The molecule has 3 aromatic heterocycles. The fraction of sp³-hybridized carbons (Fsp3) is 0.333. The molecule has 1 fully saturated rings. The summed E-state index contributed by atoms with van der Waals surface area (Å²) in [6, 6.07) is 8.56. The number of pyridine rings is 1. The number of aromatic hydroxyl groups is 1. The van der Waals surface area contributed by atoms with Gasteiger partial charge < -0.3 is 10.0 Å². The number of piperidine rings is 1. The van der Waals surface area contributed by atoms with Gasteiger partial charge in [0, 0.05) is 30.6 Å². The van der Waals surface area contributed by atoms with Gasteiger partial charge in [0.15, 0.2) is 0 Å². The number of phenols is 1. The maximum Gasteiger partial charge on any atom is 0.280 e. The molecule has 7 nitrogen and oxygen atoms in total. The fourth-order valence-corrected chi connectivity index (χ4v) is 4.27. The molecule has 0 saturated carbocycles. The van der Waals surface area contributed by atoms with Crippen LogP contribution in [0.5, 0.6) is 5.75 Å². The molecule has 1 N–H and O–H groups in total. The summed E-state index contributed by atoms with van der Waals surface area (Å²) in [5.41, 5.74) is 0.385. The molecular weight excluding hydrogens is 390 g/mol. The molecule has 0 amide bonds. The second kappa shape index (κ2) is 7.16. The molecule has 0 unspecified atom stereocenters. The summed E-state index contributed by atoms with van der Waals surface area (Å²) in [6.07, 6.45) is 1.27. The molecule has 4 aromatic rings. The number of anilines is 1. The highest BCUT2D eigenvalue weighted by Crippen LogP contribution is 2.37. The Morgan fingerprint density at radius 1 is 1.17 bits per heavy atom. The Labute approximate surface area is 171 Å². The molecule has 9 heteroatoms. The summed E-state index contributed by atoms with van der Waals surface area (Å²) in [6.45, 7) is 3.49. The van der Waals surface area contributed by atoms with E-state index >= 15 is 0 Å². The quantitative estimate of drug-likeness (QED) is 0.551. The number of halogens is 2. The smallest absolute Gasteiger partial charge is 0.280 e. The van der Waals surface area contributed by atoms with Gasteiger partial charge in [0.2, 0.25) is 0 Å². The molecule has 1 aliphatic rings. The zero-order valence-electron chi connectivity index (χ0n) is 16.3. The van der Waals surface area contributed by atoms with E-state index in [4.69, 9.17) is 0 Å². The molecule has 0 radical (unpaired) electrons. The lowest BCUT2D eigenvalue weighted by atomic mass is 9.84. The third-order valence-corrected chi connectivity index (χ3v) is 5.89. The number of rotatable bonds is 3. The highest BCUT2D eigenvalue weighted by molar-refractivity contribution is 5.93. The van der Waals surface area contributed by atoms with E-state index in [1.807, 2.05) is 12.1 Å². The van der Waals surface area contributed by atoms with E-state index < -0.39 is 6.43 Å². The van der Waals surface area contributed by atoms with Crippen molar-refractivity contribution in [2.24, 2.45) is 5.92 Å². The van der Waals surface area contributed by atoms with E-state index in [2.05, 4.69) is 31.9 Å². The first kappa shape index (κ1) is 18.7. The van der Waals surface area contributed by atoms with Crippen molar-refractivity contribution in [1.29, 1.82) is 0 Å². The Balaban J connectivity index is 1.58. The van der Waals surface area contributed by atoms with Crippen molar-refractivity contribution in [1.82, 2.24) is 24.6 Å². The second-order valence-electron chi connectivity index (χ2n) is 7.74. The van der Waals surface area contributed by atoms with Crippen molar-refractivity contribution < 1.29 is 13.9 Å². The van der Waals surface area contributed by atoms with Crippen LogP contribution in [0.15, 0.2) is 42.9 Å². The van der Waals surface area contributed by atoms with Gasteiger partial charge in [-0.1, -0.05) is 13.0 Å². The topological polar surface area (TPSA) is 79.4 Å². The molecule has 2 atom stereocenters. The normalized spacial score (nSPS) is 19.8. The number of hydrogen-bond acceptors (Lipinski definition) is 6. The van der Waals surface area contributed by atoms with E-state index in [9.17, 15) is 13.9 Å². The van der Waals surface area contributed by atoms with Gasteiger partial charge in [0.1, 0.15) is 23.6 Å². The zero-order chi connectivity index (χ0) is 20.8. The van der Waals surface area contributed by atoms with Gasteiger partial charge in [0.05, 0.1) is 5.69 Å². The monoisotopic (exact) mass is 410 g/mol. The maximum atomic E-state index is 13.4. The van der Waals surface area contributed by atoms with E-state index in [-0.39, 0.29) is 29.1 Å². The van der Waals surface area contributed by atoms with Crippen molar-refractivity contribution in [2.75, 3.05) is 18.0 Å².